The summed E-state index contributed by atoms with van der Waals surface area (Å²) in [5, 5.41) is 4.85. The Labute approximate surface area is 194 Å². The van der Waals surface area contributed by atoms with E-state index in [1.54, 1.807) is 0 Å². The number of amides is 1. The van der Waals surface area contributed by atoms with Gasteiger partial charge >= 0.3 is 0 Å². The lowest BCUT2D eigenvalue weighted by Gasteiger charge is -2.20. The van der Waals surface area contributed by atoms with Gasteiger partial charge in [-0.2, -0.15) is 0 Å². The lowest BCUT2D eigenvalue weighted by atomic mass is 10.1. The number of thiophene rings is 1. The molecule has 0 bridgehead atoms. The molecule has 32 heavy (non-hydrogen) atoms. The van der Waals surface area contributed by atoms with Gasteiger partial charge in [-0.05, 0) is 59.9 Å². The van der Waals surface area contributed by atoms with Crippen molar-refractivity contribution in [1.29, 1.82) is 0 Å². The summed E-state index contributed by atoms with van der Waals surface area (Å²) in [5.41, 5.74) is 2.68. The van der Waals surface area contributed by atoms with Gasteiger partial charge in [0.1, 0.15) is 0 Å². The Morgan fingerprint density at radius 2 is 1.59 bits per heavy atom. The summed E-state index contributed by atoms with van der Waals surface area (Å²) < 4.78 is 27.5. The molecule has 0 saturated heterocycles. The number of nitrogens with one attached hydrogen (secondary N) is 2. The Balaban J connectivity index is 1.61. The Bertz CT molecular complexity index is 1110. The number of sulfonamides is 1. The largest absolute Gasteiger partial charge is 0.348 e. The summed E-state index contributed by atoms with van der Waals surface area (Å²) in [7, 11) is -3.64. The van der Waals surface area contributed by atoms with Crippen molar-refractivity contribution >= 4 is 27.3 Å². The van der Waals surface area contributed by atoms with Crippen molar-refractivity contribution in [2.24, 2.45) is 0 Å². The molecule has 6 nitrogen and oxygen atoms in total. The van der Waals surface area contributed by atoms with Gasteiger partial charge in [0.05, 0.1) is 4.90 Å². The van der Waals surface area contributed by atoms with Crippen LogP contribution in [0.3, 0.4) is 0 Å². The average Bonchev–Trinajstić information content (AvgIpc) is 3.34. The maximum atomic E-state index is 12.6. The molecule has 2 N–H and O–H groups in total. The molecule has 0 saturated carbocycles. The van der Waals surface area contributed by atoms with Crippen LogP contribution in [0.1, 0.15) is 40.2 Å². The minimum absolute atomic E-state index is 0.134. The number of hydrogen-bond donors (Lipinski definition) is 2. The van der Waals surface area contributed by atoms with E-state index in [2.05, 4.69) is 34.9 Å². The molecule has 1 aromatic heterocycles. The third kappa shape index (κ3) is 6.49. The Hall–Kier alpha value is -2.52. The van der Waals surface area contributed by atoms with Crippen molar-refractivity contribution < 1.29 is 13.2 Å². The number of nitrogens with zero attached hydrogens (tertiary/aromatic N) is 1. The van der Waals surface area contributed by atoms with Crippen molar-refractivity contribution in [1.82, 2.24) is 14.9 Å². The molecular formula is C24H29N3O3S2. The summed E-state index contributed by atoms with van der Waals surface area (Å²) in [6.07, 6.45) is 0. The van der Waals surface area contributed by atoms with E-state index in [0.717, 1.165) is 30.1 Å². The molecule has 0 aliphatic carbocycles. The van der Waals surface area contributed by atoms with Crippen LogP contribution in [0.2, 0.25) is 0 Å². The zero-order valence-electron chi connectivity index (χ0n) is 18.4. The second-order valence-electron chi connectivity index (χ2n) is 7.34. The van der Waals surface area contributed by atoms with Crippen molar-refractivity contribution in [2.45, 2.75) is 38.4 Å². The lowest BCUT2D eigenvalue weighted by molar-refractivity contribution is 0.0950. The summed E-state index contributed by atoms with van der Waals surface area (Å²) >= 11 is 1.49. The number of carbonyl (C=O) groups is 1. The third-order valence-electron chi connectivity index (χ3n) is 5.29. The molecule has 1 amide bonds. The molecule has 1 heterocycles. The van der Waals surface area contributed by atoms with Gasteiger partial charge in [0.25, 0.3) is 5.91 Å². The van der Waals surface area contributed by atoms with Crippen LogP contribution in [-0.4, -0.2) is 32.3 Å². The Kier molecular flexibility index (Phi) is 8.58. The second kappa shape index (κ2) is 11.4. The first-order valence-corrected chi connectivity index (χ1v) is 13.0. The number of benzene rings is 2. The predicted octanol–water partition coefficient (Wildman–Crippen LogP) is 4.00. The lowest BCUT2D eigenvalue weighted by Crippen LogP contribution is -2.26. The summed E-state index contributed by atoms with van der Waals surface area (Å²) in [6, 6.07) is 17.8. The normalized spacial score (nSPS) is 11.6. The van der Waals surface area contributed by atoms with Gasteiger partial charge < -0.3 is 5.32 Å². The van der Waals surface area contributed by atoms with Crippen molar-refractivity contribution in [3.05, 3.63) is 87.6 Å². The fourth-order valence-corrected chi connectivity index (χ4v) is 5.04. The fourth-order valence-electron chi connectivity index (χ4n) is 3.30. The first-order valence-electron chi connectivity index (χ1n) is 10.6. The molecule has 0 fully saturated rings. The van der Waals surface area contributed by atoms with Gasteiger partial charge in [-0.25, -0.2) is 13.1 Å². The van der Waals surface area contributed by atoms with Crippen LogP contribution >= 0.6 is 11.3 Å². The zero-order valence-corrected chi connectivity index (χ0v) is 20.0. The number of carbonyl (C=O) groups excluding carboxylic acids is 1. The maximum absolute atomic E-state index is 12.6. The zero-order chi connectivity index (χ0) is 23.0. The molecule has 3 aromatic rings. The van der Waals surface area contributed by atoms with Crippen LogP contribution in [0.25, 0.3) is 0 Å². The van der Waals surface area contributed by atoms with Gasteiger partial charge in [0.15, 0.2) is 0 Å². The van der Waals surface area contributed by atoms with Crippen molar-refractivity contribution in [2.75, 3.05) is 13.1 Å². The van der Waals surface area contributed by atoms with Crippen LogP contribution in [0.5, 0.6) is 0 Å². The average molecular weight is 472 g/mol. The Morgan fingerprint density at radius 3 is 2.22 bits per heavy atom. The second-order valence-corrected chi connectivity index (χ2v) is 10.1. The van der Waals surface area contributed by atoms with Gasteiger partial charge in [-0.3, -0.25) is 9.69 Å². The highest BCUT2D eigenvalue weighted by Crippen LogP contribution is 2.15. The molecule has 0 unspecified atom stereocenters. The standard InChI is InChI=1S/C24H29N3O3S2/c1-3-27(4-2)18-21-9-6-5-8-20(21)16-25-24(28)19-11-13-23(14-12-19)32(29,30)26-17-22-10-7-15-31-22/h5-15,26H,3-4,16-18H2,1-2H3,(H,25,28). The molecule has 0 aliphatic rings. The van der Waals surface area contributed by atoms with E-state index in [4.69, 9.17) is 0 Å². The summed E-state index contributed by atoms with van der Waals surface area (Å²) in [4.78, 5) is 16.0. The van der Waals surface area contributed by atoms with Gasteiger partial charge in [-0.15, -0.1) is 11.3 Å². The molecule has 0 aliphatic heterocycles. The van der Waals surface area contributed by atoms with E-state index >= 15 is 0 Å². The highest BCUT2D eigenvalue weighted by molar-refractivity contribution is 7.89. The van der Waals surface area contributed by atoms with Gasteiger partial charge in [0.2, 0.25) is 10.0 Å². The molecule has 0 radical (unpaired) electrons. The van der Waals surface area contributed by atoms with Gasteiger partial charge in [0, 0.05) is 30.1 Å². The highest BCUT2D eigenvalue weighted by Gasteiger charge is 2.15. The van der Waals surface area contributed by atoms with E-state index in [-0.39, 0.29) is 17.3 Å². The van der Waals surface area contributed by atoms with E-state index in [0.29, 0.717) is 12.1 Å². The SMILES string of the molecule is CCN(CC)Cc1ccccc1CNC(=O)c1ccc(S(=O)(=O)NCc2cccs2)cc1. The molecule has 8 heteroatoms. The quantitative estimate of drug-likeness (QED) is 0.443. The summed E-state index contributed by atoms with van der Waals surface area (Å²) in [6.45, 7) is 7.70. The molecule has 170 valence electrons. The number of hydrogen-bond acceptors (Lipinski definition) is 5. The van der Waals surface area contributed by atoms with Crippen LogP contribution in [-0.2, 0) is 29.7 Å². The van der Waals surface area contributed by atoms with Crippen LogP contribution in [0, 0.1) is 0 Å². The van der Waals surface area contributed by atoms with E-state index in [9.17, 15) is 13.2 Å². The van der Waals surface area contributed by atoms with Crippen LogP contribution in [0.4, 0.5) is 0 Å². The van der Waals surface area contributed by atoms with Crippen LogP contribution < -0.4 is 10.0 Å². The monoisotopic (exact) mass is 471 g/mol. The maximum Gasteiger partial charge on any atom is 0.251 e. The molecule has 3 rings (SSSR count). The first-order chi connectivity index (χ1) is 15.4. The topological polar surface area (TPSA) is 78.5 Å². The summed E-state index contributed by atoms with van der Waals surface area (Å²) in [5.74, 6) is -0.238. The minimum atomic E-state index is -3.64. The molecule has 0 spiro atoms. The van der Waals surface area contributed by atoms with Crippen LogP contribution in [0.15, 0.2) is 70.9 Å². The van der Waals surface area contributed by atoms with E-state index < -0.39 is 10.0 Å². The molecule has 0 atom stereocenters. The smallest absolute Gasteiger partial charge is 0.251 e. The fraction of sp³-hybridized carbons (Fsp3) is 0.292. The number of rotatable bonds is 11. The first kappa shape index (κ1) is 24.1. The van der Waals surface area contributed by atoms with Crippen molar-refractivity contribution in [3.8, 4) is 0 Å². The Morgan fingerprint density at radius 1 is 0.906 bits per heavy atom. The highest BCUT2D eigenvalue weighted by atomic mass is 32.2. The van der Waals surface area contributed by atoms with E-state index in [1.165, 1.54) is 41.2 Å². The molecular weight excluding hydrogens is 442 g/mol. The third-order valence-corrected chi connectivity index (χ3v) is 7.58. The van der Waals surface area contributed by atoms with Gasteiger partial charge in [-0.1, -0.05) is 44.2 Å². The molecule has 2 aromatic carbocycles. The minimum Gasteiger partial charge on any atom is -0.348 e. The van der Waals surface area contributed by atoms with E-state index in [1.807, 2.05) is 35.7 Å². The predicted molar refractivity (Wildman–Crippen MR) is 129 cm³/mol. The van der Waals surface area contributed by atoms with Crippen molar-refractivity contribution in [3.63, 3.8) is 0 Å².